The zero-order valence-electron chi connectivity index (χ0n) is 17.3. The van der Waals surface area contributed by atoms with Crippen molar-refractivity contribution in [3.63, 3.8) is 0 Å². The molecule has 0 aromatic heterocycles. The number of hydrogen-bond acceptors (Lipinski definition) is 7. The summed E-state index contributed by atoms with van der Waals surface area (Å²) in [4.78, 5) is 22.9. The Morgan fingerprint density at radius 2 is 1.22 bits per heavy atom. The van der Waals surface area contributed by atoms with Crippen LogP contribution in [0.5, 0.6) is 0 Å². The molecule has 9 nitrogen and oxygen atoms in total. The summed E-state index contributed by atoms with van der Waals surface area (Å²) in [5.41, 5.74) is 10.5. The molecule has 5 N–H and O–H groups in total. The van der Waals surface area contributed by atoms with E-state index in [0.29, 0.717) is 52.8 Å². The normalized spacial score (nSPS) is 11.6. The Kier molecular flexibility index (Phi) is 21.8. The molecule has 27 heavy (non-hydrogen) atoms. The van der Waals surface area contributed by atoms with E-state index < -0.39 is 11.9 Å². The molecule has 0 spiro atoms. The summed E-state index contributed by atoms with van der Waals surface area (Å²) in [6, 6.07) is -0.656. The highest BCUT2D eigenvalue weighted by atomic mass is 16.6. The number of amides is 2. The van der Waals surface area contributed by atoms with Crippen molar-refractivity contribution in [2.24, 2.45) is 17.4 Å². The van der Waals surface area contributed by atoms with Gasteiger partial charge in [0.1, 0.15) is 6.04 Å². The molecule has 1 atom stereocenters. The maximum Gasteiger partial charge on any atom is 0.240 e. The number of primary amides is 1. The van der Waals surface area contributed by atoms with Crippen LogP contribution in [-0.2, 0) is 28.5 Å². The first-order valence-electron chi connectivity index (χ1n) is 9.58. The minimum atomic E-state index is -0.656. The van der Waals surface area contributed by atoms with Crippen LogP contribution in [0.3, 0.4) is 0 Å². The molecule has 1 unspecified atom stereocenters. The smallest absolute Gasteiger partial charge is 0.240 e. The van der Waals surface area contributed by atoms with Gasteiger partial charge in [-0.15, -0.1) is 0 Å². The molecule has 0 heterocycles. The molecule has 0 aliphatic rings. The second kappa shape index (κ2) is 21.0. The molecule has 0 aromatic rings. The molecule has 0 aromatic carbocycles. The monoisotopic (exact) mass is 393 g/mol. The van der Waals surface area contributed by atoms with Gasteiger partial charge in [0.25, 0.3) is 0 Å². The van der Waals surface area contributed by atoms with Crippen molar-refractivity contribution in [2.75, 3.05) is 59.4 Å². The van der Waals surface area contributed by atoms with Crippen LogP contribution in [0, 0.1) is 5.92 Å². The van der Waals surface area contributed by atoms with Gasteiger partial charge in [0, 0.05) is 13.0 Å². The summed E-state index contributed by atoms with van der Waals surface area (Å²) < 4.78 is 21.1. The van der Waals surface area contributed by atoms with Gasteiger partial charge in [-0.2, -0.15) is 0 Å². The van der Waals surface area contributed by atoms with E-state index in [4.69, 9.17) is 30.4 Å². The molecular formula is C18H39N3O6. The minimum absolute atomic E-state index is 0.0507. The van der Waals surface area contributed by atoms with E-state index in [-0.39, 0.29) is 24.9 Å². The highest BCUT2D eigenvalue weighted by Crippen LogP contribution is 2.01. The van der Waals surface area contributed by atoms with Crippen LogP contribution in [0.15, 0.2) is 0 Å². The van der Waals surface area contributed by atoms with Crippen molar-refractivity contribution >= 4 is 11.8 Å². The first-order valence-corrected chi connectivity index (χ1v) is 9.58. The van der Waals surface area contributed by atoms with E-state index in [9.17, 15) is 9.59 Å². The van der Waals surface area contributed by atoms with Crippen LogP contribution in [0.2, 0.25) is 0 Å². The Morgan fingerprint density at radius 1 is 0.815 bits per heavy atom. The Balaban J connectivity index is 0. The summed E-state index contributed by atoms with van der Waals surface area (Å²) in [7, 11) is 0. The number of carbonyl (C=O) groups excluding carboxylic acids is 2. The van der Waals surface area contributed by atoms with Crippen LogP contribution < -0.4 is 16.8 Å². The standard InChI is InChI=1S/C16H33N3O6.C2H6/c1-13(2)15(16(18)21)19-14(20)3-5-22-7-9-24-11-12-25-10-8-23-6-4-17;1-2/h13,15H,3-12,17H2,1-2H3,(H2,18,21)(H,19,20);1-2H3. The quantitative estimate of drug-likeness (QED) is 0.297. The number of nitrogens with two attached hydrogens (primary N) is 2. The number of rotatable bonds is 17. The Bertz CT molecular complexity index is 356. The van der Waals surface area contributed by atoms with Gasteiger partial charge < -0.3 is 35.7 Å². The third-order valence-electron chi connectivity index (χ3n) is 3.14. The van der Waals surface area contributed by atoms with Gasteiger partial charge in [-0.1, -0.05) is 27.7 Å². The molecule has 0 rings (SSSR count). The lowest BCUT2D eigenvalue weighted by Gasteiger charge is -2.18. The molecule has 0 bridgehead atoms. The molecular weight excluding hydrogens is 354 g/mol. The minimum Gasteiger partial charge on any atom is -0.379 e. The molecule has 162 valence electrons. The van der Waals surface area contributed by atoms with Crippen molar-refractivity contribution < 1.29 is 28.5 Å². The molecule has 0 saturated heterocycles. The van der Waals surface area contributed by atoms with Crippen LogP contribution in [-0.4, -0.2) is 77.3 Å². The van der Waals surface area contributed by atoms with Gasteiger partial charge in [0.05, 0.1) is 52.9 Å². The average molecular weight is 394 g/mol. The van der Waals surface area contributed by atoms with Crippen molar-refractivity contribution in [3.05, 3.63) is 0 Å². The van der Waals surface area contributed by atoms with Crippen LogP contribution in [0.4, 0.5) is 0 Å². The summed E-state index contributed by atoms with van der Waals surface area (Å²) in [5, 5.41) is 2.60. The average Bonchev–Trinajstić information content (AvgIpc) is 2.64. The van der Waals surface area contributed by atoms with Gasteiger partial charge in [-0.05, 0) is 5.92 Å². The van der Waals surface area contributed by atoms with Crippen molar-refractivity contribution in [1.29, 1.82) is 0 Å². The fourth-order valence-corrected chi connectivity index (χ4v) is 1.82. The van der Waals surface area contributed by atoms with Gasteiger partial charge in [-0.25, -0.2) is 0 Å². The van der Waals surface area contributed by atoms with E-state index in [1.165, 1.54) is 0 Å². The summed E-state index contributed by atoms with van der Waals surface area (Å²) in [5.74, 6) is -0.847. The van der Waals surface area contributed by atoms with E-state index in [1.54, 1.807) is 0 Å². The zero-order chi connectivity index (χ0) is 20.9. The first kappa shape index (κ1) is 28.0. The van der Waals surface area contributed by atoms with Gasteiger partial charge >= 0.3 is 0 Å². The lowest BCUT2D eigenvalue weighted by Crippen LogP contribution is -2.47. The van der Waals surface area contributed by atoms with Crippen LogP contribution in [0.1, 0.15) is 34.1 Å². The Morgan fingerprint density at radius 3 is 1.59 bits per heavy atom. The number of hydrogen-bond donors (Lipinski definition) is 3. The number of nitrogens with one attached hydrogen (secondary N) is 1. The van der Waals surface area contributed by atoms with E-state index in [2.05, 4.69) is 5.32 Å². The number of ether oxygens (including phenoxy) is 4. The summed E-state index contributed by atoms with van der Waals surface area (Å²) >= 11 is 0. The Labute approximate surface area is 163 Å². The first-order chi connectivity index (χ1) is 13.0. The van der Waals surface area contributed by atoms with E-state index in [0.717, 1.165) is 0 Å². The largest absolute Gasteiger partial charge is 0.379 e. The molecule has 0 fully saturated rings. The zero-order valence-corrected chi connectivity index (χ0v) is 17.3. The molecule has 2 amide bonds. The molecule has 0 radical (unpaired) electrons. The fraction of sp³-hybridized carbons (Fsp3) is 0.889. The molecule has 0 aliphatic heterocycles. The lowest BCUT2D eigenvalue weighted by molar-refractivity contribution is -0.129. The maximum absolute atomic E-state index is 11.7. The summed E-state index contributed by atoms with van der Waals surface area (Å²) in [6.45, 7) is 11.7. The highest BCUT2D eigenvalue weighted by Gasteiger charge is 2.21. The van der Waals surface area contributed by atoms with Gasteiger partial charge in [0.2, 0.25) is 11.8 Å². The van der Waals surface area contributed by atoms with Crippen molar-refractivity contribution in [2.45, 2.75) is 40.2 Å². The molecule has 9 heteroatoms. The summed E-state index contributed by atoms with van der Waals surface area (Å²) in [6.07, 6.45) is 0.169. The predicted molar refractivity (Wildman–Crippen MR) is 104 cm³/mol. The molecule has 0 aliphatic carbocycles. The fourth-order valence-electron chi connectivity index (χ4n) is 1.82. The van der Waals surface area contributed by atoms with Crippen molar-refractivity contribution in [1.82, 2.24) is 5.32 Å². The topological polar surface area (TPSA) is 135 Å². The SMILES string of the molecule is CC.CC(C)C(NC(=O)CCOCCOCCOCCOCCN)C(N)=O. The van der Waals surface area contributed by atoms with E-state index >= 15 is 0 Å². The second-order valence-corrected chi connectivity index (χ2v) is 5.68. The van der Waals surface area contributed by atoms with Crippen molar-refractivity contribution in [3.8, 4) is 0 Å². The van der Waals surface area contributed by atoms with Crippen LogP contribution in [0.25, 0.3) is 0 Å². The predicted octanol–water partition coefficient (Wildman–Crippen LogP) is 0.0539. The third kappa shape index (κ3) is 19.3. The lowest BCUT2D eigenvalue weighted by atomic mass is 10.0. The molecule has 0 saturated carbocycles. The second-order valence-electron chi connectivity index (χ2n) is 5.68. The van der Waals surface area contributed by atoms with Gasteiger partial charge in [0.15, 0.2) is 0 Å². The van der Waals surface area contributed by atoms with Gasteiger partial charge in [-0.3, -0.25) is 9.59 Å². The highest BCUT2D eigenvalue weighted by molar-refractivity contribution is 5.86. The third-order valence-corrected chi connectivity index (χ3v) is 3.14. The van der Waals surface area contributed by atoms with Crippen LogP contribution >= 0.6 is 0 Å². The van der Waals surface area contributed by atoms with E-state index in [1.807, 2.05) is 27.7 Å². The maximum atomic E-state index is 11.7. The Hall–Kier alpha value is -1.26. The number of carbonyl (C=O) groups is 2.